The third kappa shape index (κ3) is 2.34. The minimum absolute atomic E-state index is 0.133. The molecule has 5 heteroatoms. The van der Waals surface area contributed by atoms with Gasteiger partial charge in [-0.3, -0.25) is 0 Å². The van der Waals surface area contributed by atoms with E-state index in [1.807, 2.05) is 6.07 Å². The average molecular weight is 201 g/mol. The molecule has 0 saturated heterocycles. The van der Waals surface area contributed by atoms with Crippen molar-refractivity contribution in [1.29, 1.82) is 0 Å². The number of esters is 1. The van der Waals surface area contributed by atoms with Crippen molar-refractivity contribution < 1.29 is 9.53 Å². The van der Waals surface area contributed by atoms with Crippen molar-refractivity contribution in [2.75, 3.05) is 0 Å². The Hall–Kier alpha value is -2.30. The molecule has 0 amide bonds. The highest BCUT2D eigenvalue weighted by atomic mass is 16.5. The molecule has 0 saturated carbocycles. The number of ether oxygens (including phenoxy) is 1. The fourth-order valence-corrected chi connectivity index (χ4v) is 0.998. The first-order valence-electron chi connectivity index (χ1n) is 4.28. The van der Waals surface area contributed by atoms with E-state index in [2.05, 4.69) is 15.4 Å². The highest BCUT2D eigenvalue weighted by molar-refractivity contribution is 5.88. The van der Waals surface area contributed by atoms with Crippen molar-refractivity contribution >= 4 is 5.97 Å². The average Bonchev–Trinajstić information content (AvgIpc) is 2.31. The van der Waals surface area contributed by atoms with E-state index in [1.54, 1.807) is 24.3 Å². The number of hydrogen-bond donors (Lipinski definition) is 0. The fourth-order valence-electron chi connectivity index (χ4n) is 0.998. The van der Waals surface area contributed by atoms with Crippen LogP contribution in [0.3, 0.4) is 0 Å². The highest BCUT2D eigenvalue weighted by Crippen LogP contribution is 2.09. The number of para-hydroxylation sites is 1. The number of benzene rings is 1. The fraction of sp³-hybridized carbons (Fsp3) is 0. The molecule has 74 valence electrons. The Kier molecular flexibility index (Phi) is 2.64. The Balaban J connectivity index is 2.12. The molecule has 2 aromatic rings. The molecule has 1 aromatic carbocycles. The first-order valence-corrected chi connectivity index (χ1v) is 4.28. The molecular weight excluding hydrogens is 194 g/mol. The van der Waals surface area contributed by atoms with Crippen LogP contribution in [-0.2, 0) is 0 Å². The minimum Gasteiger partial charge on any atom is -0.422 e. The van der Waals surface area contributed by atoms with Gasteiger partial charge in [-0.2, -0.15) is 0 Å². The maximum absolute atomic E-state index is 11.5. The third-order valence-electron chi connectivity index (χ3n) is 1.67. The maximum atomic E-state index is 11.5. The molecule has 2 rings (SSSR count). The molecule has 1 aromatic heterocycles. The summed E-state index contributed by atoms with van der Waals surface area (Å²) in [6.45, 7) is 0. The first-order chi connectivity index (χ1) is 7.36. The number of nitrogens with zero attached hydrogens (tertiary/aromatic N) is 3. The van der Waals surface area contributed by atoms with Gasteiger partial charge in [0, 0.05) is 0 Å². The van der Waals surface area contributed by atoms with Gasteiger partial charge in [0.1, 0.15) is 5.75 Å². The van der Waals surface area contributed by atoms with Crippen LogP contribution in [-0.4, -0.2) is 21.4 Å². The van der Waals surface area contributed by atoms with E-state index < -0.39 is 5.97 Å². The largest absolute Gasteiger partial charge is 0.422 e. The summed E-state index contributed by atoms with van der Waals surface area (Å²) in [5, 5.41) is 10.4. The van der Waals surface area contributed by atoms with Gasteiger partial charge in [0.25, 0.3) is 0 Å². The van der Waals surface area contributed by atoms with Crippen molar-refractivity contribution in [3.05, 3.63) is 48.3 Å². The highest BCUT2D eigenvalue weighted by Gasteiger charge is 2.09. The van der Waals surface area contributed by atoms with Gasteiger partial charge in [-0.05, 0) is 23.4 Å². The third-order valence-corrected chi connectivity index (χ3v) is 1.67. The van der Waals surface area contributed by atoms with Gasteiger partial charge in [0.2, 0.25) is 0 Å². The van der Waals surface area contributed by atoms with Crippen LogP contribution in [0.15, 0.2) is 42.6 Å². The van der Waals surface area contributed by atoms with E-state index in [9.17, 15) is 4.79 Å². The number of hydrogen-bond acceptors (Lipinski definition) is 5. The zero-order chi connectivity index (χ0) is 10.5. The van der Waals surface area contributed by atoms with E-state index in [0.29, 0.717) is 5.75 Å². The normalized spacial score (nSPS) is 9.60. The van der Waals surface area contributed by atoms with E-state index in [0.717, 1.165) is 0 Å². The van der Waals surface area contributed by atoms with Crippen LogP contribution in [0.5, 0.6) is 5.75 Å². The number of rotatable bonds is 2. The summed E-state index contributed by atoms with van der Waals surface area (Å²) in [6, 6.07) is 10.2. The van der Waals surface area contributed by atoms with Crippen LogP contribution in [0.4, 0.5) is 0 Å². The molecule has 0 unspecified atom stereocenters. The molecule has 0 atom stereocenters. The molecule has 0 aliphatic heterocycles. The summed E-state index contributed by atoms with van der Waals surface area (Å²) in [4.78, 5) is 11.5. The molecule has 1 heterocycles. The molecular formula is C10H7N3O2. The number of aromatic nitrogens is 3. The van der Waals surface area contributed by atoms with E-state index in [4.69, 9.17) is 4.74 Å². The van der Waals surface area contributed by atoms with Crippen LogP contribution >= 0.6 is 0 Å². The van der Waals surface area contributed by atoms with Gasteiger partial charge >= 0.3 is 5.97 Å². The first kappa shape index (κ1) is 9.26. The summed E-state index contributed by atoms with van der Waals surface area (Å²) >= 11 is 0. The Bertz CT molecular complexity index is 445. The number of carbonyl (C=O) groups excluding carboxylic acids is 1. The summed E-state index contributed by atoms with van der Waals surface area (Å²) < 4.78 is 5.03. The lowest BCUT2D eigenvalue weighted by atomic mass is 10.3. The molecule has 0 bridgehead atoms. The molecule has 5 nitrogen and oxygen atoms in total. The molecule has 15 heavy (non-hydrogen) atoms. The monoisotopic (exact) mass is 201 g/mol. The summed E-state index contributed by atoms with van der Waals surface area (Å²) in [5.41, 5.74) is 0.133. The van der Waals surface area contributed by atoms with Crippen LogP contribution in [0.25, 0.3) is 0 Å². The van der Waals surface area contributed by atoms with Crippen LogP contribution in [0.2, 0.25) is 0 Å². The number of carbonyl (C=O) groups is 1. The van der Waals surface area contributed by atoms with Crippen molar-refractivity contribution in [1.82, 2.24) is 15.4 Å². The molecule has 0 fully saturated rings. The summed E-state index contributed by atoms with van der Waals surface area (Å²) in [6.07, 6.45) is 1.38. The second-order valence-electron chi connectivity index (χ2n) is 2.71. The SMILES string of the molecule is O=C(Oc1ccccc1)c1ccnnn1. The minimum atomic E-state index is -0.545. The predicted octanol–water partition coefficient (Wildman–Crippen LogP) is 1.09. The second kappa shape index (κ2) is 4.28. The Morgan fingerprint density at radius 3 is 2.60 bits per heavy atom. The van der Waals surface area contributed by atoms with Crippen molar-refractivity contribution in [2.24, 2.45) is 0 Å². The van der Waals surface area contributed by atoms with Crippen LogP contribution in [0, 0.1) is 0 Å². The van der Waals surface area contributed by atoms with E-state index in [-0.39, 0.29) is 5.69 Å². The topological polar surface area (TPSA) is 65.0 Å². The van der Waals surface area contributed by atoms with Crippen molar-refractivity contribution in [3.63, 3.8) is 0 Å². The van der Waals surface area contributed by atoms with E-state index in [1.165, 1.54) is 12.3 Å². The molecule has 0 radical (unpaired) electrons. The van der Waals surface area contributed by atoms with Gasteiger partial charge in [-0.1, -0.05) is 18.2 Å². The lowest BCUT2D eigenvalue weighted by Crippen LogP contribution is -2.11. The molecule has 0 N–H and O–H groups in total. The second-order valence-corrected chi connectivity index (χ2v) is 2.71. The van der Waals surface area contributed by atoms with Gasteiger partial charge in [-0.25, -0.2) is 4.79 Å². The van der Waals surface area contributed by atoms with Crippen molar-refractivity contribution in [3.8, 4) is 5.75 Å². The predicted molar refractivity (Wildman–Crippen MR) is 51.2 cm³/mol. The molecule has 0 aliphatic carbocycles. The zero-order valence-electron chi connectivity index (χ0n) is 7.70. The van der Waals surface area contributed by atoms with Gasteiger partial charge in [0.15, 0.2) is 5.69 Å². The zero-order valence-corrected chi connectivity index (χ0v) is 7.70. The standard InChI is InChI=1S/C10H7N3O2/c14-10(9-6-7-11-13-12-9)15-8-4-2-1-3-5-8/h1-7H. The lowest BCUT2D eigenvalue weighted by molar-refractivity contribution is 0.0727. The molecule has 0 spiro atoms. The smallest absolute Gasteiger partial charge is 0.364 e. The summed E-state index contributed by atoms with van der Waals surface area (Å²) in [5.74, 6) is -0.0720. The maximum Gasteiger partial charge on any atom is 0.364 e. The van der Waals surface area contributed by atoms with E-state index >= 15 is 0 Å². The Morgan fingerprint density at radius 2 is 1.93 bits per heavy atom. The van der Waals surface area contributed by atoms with Gasteiger partial charge in [-0.15, -0.1) is 10.2 Å². The van der Waals surface area contributed by atoms with Crippen LogP contribution in [0.1, 0.15) is 10.5 Å². The lowest BCUT2D eigenvalue weighted by Gasteiger charge is -2.01. The quantitative estimate of drug-likeness (QED) is 0.537. The Morgan fingerprint density at radius 1 is 1.13 bits per heavy atom. The van der Waals surface area contributed by atoms with Gasteiger partial charge < -0.3 is 4.74 Å². The molecule has 0 aliphatic rings. The van der Waals surface area contributed by atoms with Crippen molar-refractivity contribution in [2.45, 2.75) is 0 Å². The Labute approximate surface area is 85.7 Å². The van der Waals surface area contributed by atoms with Gasteiger partial charge in [0.05, 0.1) is 6.20 Å². The van der Waals surface area contributed by atoms with Crippen LogP contribution < -0.4 is 4.74 Å². The summed E-state index contributed by atoms with van der Waals surface area (Å²) in [7, 11) is 0.